The molecule has 0 atom stereocenters. The van der Waals surface area contributed by atoms with Gasteiger partial charge in [-0.25, -0.2) is 15.0 Å². The van der Waals surface area contributed by atoms with Gasteiger partial charge in [-0.05, 0) is 37.1 Å². The normalized spacial score (nSPS) is 11.0. The van der Waals surface area contributed by atoms with Crippen LogP contribution in [0.2, 0.25) is 0 Å². The van der Waals surface area contributed by atoms with Crippen LogP contribution in [0.1, 0.15) is 38.3 Å². The van der Waals surface area contributed by atoms with E-state index in [1.807, 2.05) is 13.0 Å². The van der Waals surface area contributed by atoms with Crippen LogP contribution < -0.4 is 5.32 Å². The molecule has 0 unspecified atom stereocenters. The van der Waals surface area contributed by atoms with Gasteiger partial charge in [0.2, 0.25) is 0 Å². The molecule has 0 aliphatic rings. The van der Waals surface area contributed by atoms with E-state index in [1.54, 1.807) is 0 Å². The smallest absolute Gasteiger partial charge is 0.176 e. The third-order valence-electron chi connectivity index (χ3n) is 2.30. The van der Waals surface area contributed by atoms with E-state index in [0.717, 1.165) is 33.4 Å². The second-order valence-electron chi connectivity index (χ2n) is 4.34. The van der Waals surface area contributed by atoms with Crippen molar-refractivity contribution < 1.29 is 0 Å². The lowest BCUT2D eigenvalue weighted by Gasteiger charge is -2.09. The lowest BCUT2D eigenvalue weighted by molar-refractivity contribution is 0.754. The average Bonchev–Trinajstić information content (AvgIpc) is 2.75. The molecule has 2 aromatic rings. The average molecular weight is 295 g/mol. The first-order chi connectivity index (χ1) is 9.08. The van der Waals surface area contributed by atoms with Crippen LogP contribution in [0.4, 0.5) is 5.82 Å². The largest absolute Gasteiger partial charge is 0.370 e. The summed E-state index contributed by atoms with van der Waals surface area (Å²) < 4.78 is 5.09. The molecule has 0 aliphatic heterocycles. The summed E-state index contributed by atoms with van der Waals surface area (Å²) >= 11 is 2.93. The summed E-state index contributed by atoms with van der Waals surface area (Å²) in [4.78, 5) is 13.4. The van der Waals surface area contributed by atoms with Crippen molar-refractivity contribution in [3.8, 4) is 0 Å². The standard InChI is InChI=1S/C12H17N5S2/c1-5-13-9-6-10(16-11(15-9)7(2)3)18-12-14-8(4)17-19-12/h6-7H,5H2,1-4H3,(H,13,15,16). The zero-order valence-electron chi connectivity index (χ0n) is 11.5. The molecule has 7 heteroatoms. The van der Waals surface area contributed by atoms with Crippen LogP contribution >= 0.6 is 23.3 Å². The van der Waals surface area contributed by atoms with Crippen molar-refractivity contribution in [2.45, 2.75) is 43.0 Å². The van der Waals surface area contributed by atoms with Gasteiger partial charge in [-0.3, -0.25) is 0 Å². The maximum absolute atomic E-state index is 4.57. The van der Waals surface area contributed by atoms with Crippen LogP contribution in [0.3, 0.4) is 0 Å². The van der Waals surface area contributed by atoms with Gasteiger partial charge < -0.3 is 5.32 Å². The van der Waals surface area contributed by atoms with Crippen LogP contribution in [0.5, 0.6) is 0 Å². The first-order valence-electron chi connectivity index (χ1n) is 6.19. The van der Waals surface area contributed by atoms with E-state index in [4.69, 9.17) is 0 Å². The van der Waals surface area contributed by atoms with E-state index < -0.39 is 0 Å². The summed E-state index contributed by atoms with van der Waals surface area (Å²) in [5, 5.41) is 4.15. The summed E-state index contributed by atoms with van der Waals surface area (Å²) in [5.41, 5.74) is 0. The van der Waals surface area contributed by atoms with Crippen molar-refractivity contribution in [2.75, 3.05) is 11.9 Å². The summed E-state index contributed by atoms with van der Waals surface area (Å²) in [6, 6.07) is 1.96. The summed E-state index contributed by atoms with van der Waals surface area (Å²) in [6.07, 6.45) is 0. The molecular weight excluding hydrogens is 278 g/mol. The van der Waals surface area contributed by atoms with Gasteiger partial charge in [0.1, 0.15) is 22.5 Å². The van der Waals surface area contributed by atoms with Gasteiger partial charge in [0, 0.05) is 18.5 Å². The Morgan fingerprint density at radius 1 is 1.32 bits per heavy atom. The predicted molar refractivity (Wildman–Crippen MR) is 79.1 cm³/mol. The van der Waals surface area contributed by atoms with Crippen molar-refractivity contribution in [3.63, 3.8) is 0 Å². The van der Waals surface area contributed by atoms with E-state index in [1.165, 1.54) is 23.3 Å². The van der Waals surface area contributed by atoms with Gasteiger partial charge in [0.15, 0.2) is 4.34 Å². The molecule has 2 rings (SSSR count). The molecule has 0 saturated heterocycles. The highest BCUT2D eigenvalue weighted by atomic mass is 32.2. The lowest BCUT2D eigenvalue weighted by Crippen LogP contribution is -2.05. The number of rotatable bonds is 5. The van der Waals surface area contributed by atoms with Crippen LogP contribution in [-0.2, 0) is 0 Å². The summed E-state index contributed by atoms with van der Waals surface area (Å²) in [6.45, 7) is 8.97. The minimum absolute atomic E-state index is 0.300. The molecule has 0 fully saturated rings. The molecular formula is C12H17N5S2. The fraction of sp³-hybridized carbons (Fsp3) is 0.500. The highest BCUT2D eigenvalue weighted by Gasteiger charge is 2.10. The fourth-order valence-corrected chi connectivity index (χ4v) is 3.04. The number of nitrogens with zero attached hydrogens (tertiary/aromatic N) is 4. The molecule has 5 nitrogen and oxygen atoms in total. The molecule has 19 heavy (non-hydrogen) atoms. The van der Waals surface area contributed by atoms with E-state index in [9.17, 15) is 0 Å². The summed E-state index contributed by atoms with van der Waals surface area (Å²) in [7, 11) is 0. The molecule has 0 amide bonds. The highest BCUT2D eigenvalue weighted by molar-refractivity contribution is 8.00. The summed E-state index contributed by atoms with van der Waals surface area (Å²) in [5.74, 6) is 2.82. The zero-order valence-corrected chi connectivity index (χ0v) is 13.1. The Morgan fingerprint density at radius 3 is 2.68 bits per heavy atom. The van der Waals surface area contributed by atoms with Crippen molar-refractivity contribution >= 4 is 29.1 Å². The minimum atomic E-state index is 0.300. The van der Waals surface area contributed by atoms with E-state index in [-0.39, 0.29) is 0 Å². The van der Waals surface area contributed by atoms with Crippen LogP contribution in [0.15, 0.2) is 15.4 Å². The third kappa shape index (κ3) is 3.87. The van der Waals surface area contributed by atoms with Gasteiger partial charge in [0.05, 0.1) is 0 Å². The van der Waals surface area contributed by atoms with Crippen molar-refractivity contribution in [2.24, 2.45) is 0 Å². The maximum Gasteiger partial charge on any atom is 0.176 e. The number of aromatic nitrogens is 4. The minimum Gasteiger partial charge on any atom is -0.370 e. The zero-order chi connectivity index (χ0) is 13.8. The maximum atomic E-state index is 4.57. The molecule has 2 aromatic heterocycles. The first kappa shape index (κ1) is 14.2. The Balaban J connectivity index is 2.27. The quantitative estimate of drug-likeness (QED) is 0.854. The number of anilines is 1. The Hall–Kier alpha value is -1.21. The molecule has 102 valence electrons. The van der Waals surface area contributed by atoms with E-state index in [2.05, 4.69) is 45.4 Å². The fourth-order valence-electron chi connectivity index (χ4n) is 1.43. The van der Waals surface area contributed by atoms with Crippen molar-refractivity contribution in [1.82, 2.24) is 19.3 Å². The second kappa shape index (κ2) is 6.29. The van der Waals surface area contributed by atoms with Crippen LogP contribution in [-0.4, -0.2) is 25.9 Å². The molecule has 1 N–H and O–H groups in total. The Morgan fingerprint density at radius 2 is 2.11 bits per heavy atom. The molecule has 0 bridgehead atoms. The molecule has 0 aliphatic carbocycles. The predicted octanol–water partition coefficient (Wildman–Crippen LogP) is 3.34. The Kier molecular flexibility index (Phi) is 4.71. The van der Waals surface area contributed by atoms with Gasteiger partial charge in [-0.1, -0.05) is 13.8 Å². The Labute approximate surface area is 121 Å². The Bertz CT molecular complexity index is 553. The molecule has 0 saturated carbocycles. The number of hydrogen-bond donors (Lipinski definition) is 1. The van der Waals surface area contributed by atoms with Gasteiger partial charge in [-0.15, -0.1) is 0 Å². The number of aryl methyl sites for hydroxylation is 1. The van der Waals surface area contributed by atoms with Crippen LogP contribution in [0.25, 0.3) is 0 Å². The number of hydrogen-bond acceptors (Lipinski definition) is 7. The van der Waals surface area contributed by atoms with Crippen LogP contribution in [0, 0.1) is 6.92 Å². The molecule has 0 radical (unpaired) electrons. The van der Waals surface area contributed by atoms with E-state index >= 15 is 0 Å². The SMILES string of the molecule is CCNc1cc(Sc2nc(C)ns2)nc(C(C)C)n1. The molecule has 0 aromatic carbocycles. The monoisotopic (exact) mass is 295 g/mol. The van der Waals surface area contributed by atoms with Crippen molar-refractivity contribution in [3.05, 3.63) is 17.7 Å². The third-order valence-corrected chi connectivity index (χ3v) is 4.06. The lowest BCUT2D eigenvalue weighted by atomic mass is 10.2. The molecule has 0 spiro atoms. The topological polar surface area (TPSA) is 63.6 Å². The van der Waals surface area contributed by atoms with Gasteiger partial charge in [-0.2, -0.15) is 4.37 Å². The van der Waals surface area contributed by atoms with E-state index in [0.29, 0.717) is 5.92 Å². The molecule has 2 heterocycles. The highest BCUT2D eigenvalue weighted by Crippen LogP contribution is 2.29. The van der Waals surface area contributed by atoms with Gasteiger partial charge >= 0.3 is 0 Å². The van der Waals surface area contributed by atoms with Crippen molar-refractivity contribution in [1.29, 1.82) is 0 Å². The first-order valence-corrected chi connectivity index (χ1v) is 7.78. The number of nitrogens with one attached hydrogen (secondary N) is 1. The second-order valence-corrected chi connectivity index (χ2v) is 6.36. The van der Waals surface area contributed by atoms with Gasteiger partial charge in [0.25, 0.3) is 0 Å².